The number of rotatable bonds is 5. The van der Waals surface area contributed by atoms with Gasteiger partial charge in [-0.3, -0.25) is 4.79 Å². The Labute approximate surface area is 161 Å². The highest BCUT2D eigenvalue weighted by atomic mass is 35.5. The molecule has 4 fully saturated rings. The number of hydrogen-bond donors (Lipinski definition) is 1. The molecule has 0 heterocycles. The van der Waals surface area contributed by atoms with Crippen molar-refractivity contribution in [3.05, 3.63) is 29.3 Å². The second-order valence-electron chi connectivity index (χ2n) is 9.54. The van der Waals surface area contributed by atoms with Crippen molar-refractivity contribution in [3.8, 4) is 5.75 Å². The van der Waals surface area contributed by atoms with Crippen LogP contribution in [0.15, 0.2) is 24.3 Å². The highest BCUT2D eigenvalue weighted by Gasteiger charge is 2.53. The zero-order chi connectivity index (χ0) is 18.5. The quantitative estimate of drug-likeness (QED) is 0.766. The van der Waals surface area contributed by atoms with E-state index in [-0.39, 0.29) is 11.9 Å². The van der Waals surface area contributed by atoms with E-state index in [9.17, 15) is 4.79 Å². The Bertz CT molecular complexity index is 647. The predicted octanol–water partition coefficient (Wildman–Crippen LogP) is 5.22. The molecule has 0 unspecified atom stereocenters. The van der Waals surface area contributed by atoms with Crippen molar-refractivity contribution in [3.63, 3.8) is 0 Å². The summed E-state index contributed by atoms with van der Waals surface area (Å²) in [5.74, 6) is 3.30. The van der Waals surface area contributed by atoms with Crippen molar-refractivity contribution >= 4 is 17.5 Å². The minimum Gasteiger partial charge on any atom is -0.478 e. The van der Waals surface area contributed by atoms with Gasteiger partial charge in [0.1, 0.15) is 5.75 Å². The van der Waals surface area contributed by atoms with Crippen LogP contribution in [0.25, 0.3) is 0 Å². The van der Waals surface area contributed by atoms with Crippen LogP contribution in [0.5, 0.6) is 5.75 Å². The molecule has 4 aliphatic carbocycles. The van der Waals surface area contributed by atoms with Gasteiger partial charge in [-0.25, -0.2) is 0 Å². The largest absolute Gasteiger partial charge is 0.478 e. The van der Waals surface area contributed by atoms with E-state index in [4.69, 9.17) is 16.3 Å². The second kappa shape index (κ2) is 6.44. The lowest BCUT2D eigenvalue weighted by atomic mass is 9.48. The summed E-state index contributed by atoms with van der Waals surface area (Å²) < 4.78 is 5.97. The van der Waals surface area contributed by atoms with E-state index in [1.165, 1.54) is 38.5 Å². The van der Waals surface area contributed by atoms with Crippen molar-refractivity contribution in [2.75, 3.05) is 0 Å². The third-order valence-corrected chi connectivity index (χ3v) is 7.34. The lowest BCUT2D eigenvalue weighted by molar-refractivity contribution is -0.138. The molecule has 0 radical (unpaired) electrons. The molecular weight excluding hydrogens is 346 g/mol. The third-order valence-electron chi connectivity index (χ3n) is 7.09. The predicted molar refractivity (Wildman–Crippen MR) is 104 cm³/mol. The Morgan fingerprint density at radius 3 is 2.12 bits per heavy atom. The summed E-state index contributed by atoms with van der Waals surface area (Å²) in [7, 11) is 0. The van der Waals surface area contributed by atoms with Gasteiger partial charge in [-0.2, -0.15) is 0 Å². The van der Waals surface area contributed by atoms with Crippen LogP contribution >= 0.6 is 11.6 Å². The first kappa shape index (κ1) is 18.2. The van der Waals surface area contributed by atoms with E-state index in [1.807, 2.05) is 13.8 Å². The average molecular weight is 376 g/mol. The van der Waals surface area contributed by atoms with E-state index in [1.54, 1.807) is 24.3 Å². The van der Waals surface area contributed by atoms with Crippen LogP contribution in [0.1, 0.15) is 59.3 Å². The van der Waals surface area contributed by atoms with Gasteiger partial charge < -0.3 is 10.1 Å². The van der Waals surface area contributed by atoms with E-state index in [0.29, 0.717) is 16.2 Å². The van der Waals surface area contributed by atoms with Gasteiger partial charge in [0.25, 0.3) is 5.91 Å². The van der Waals surface area contributed by atoms with Crippen LogP contribution in [0.3, 0.4) is 0 Å². The number of carbonyl (C=O) groups is 1. The molecule has 4 heteroatoms. The molecule has 1 aromatic rings. The van der Waals surface area contributed by atoms with Crippen molar-refractivity contribution in [1.29, 1.82) is 0 Å². The fraction of sp³-hybridized carbons (Fsp3) is 0.682. The average Bonchev–Trinajstić information content (AvgIpc) is 2.55. The normalized spacial score (nSPS) is 33.8. The van der Waals surface area contributed by atoms with E-state index in [0.717, 1.165) is 17.8 Å². The van der Waals surface area contributed by atoms with Crippen molar-refractivity contribution in [1.82, 2.24) is 5.32 Å². The van der Waals surface area contributed by atoms with Gasteiger partial charge in [0.15, 0.2) is 5.60 Å². The molecule has 1 aromatic carbocycles. The number of ether oxygens (including phenoxy) is 1. The van der Waals surface area contributed by atoms with Crippen LogP contribution in [0, 0.1) is 23.2 Å². The zero-order valence-electron chi connectivity index (χ0n) is 16.1. The number of carbonyl (C=O) groups excluding carboxylic acids is 1. The first-order chi connectivity index (χ1) is 12.3. The summed E-state index contributed by atoms with van der Waals surface area (Å²) in [6.07, 6.45) is 8.14. The third kappa shape index (κ3) is 3.35. The molecule has 26 heavy (non-hydrogen) atoms. The van der Waals surface area contributed by atoms with Crippen molar-refractivity contribution < 1.29 is 9.53 Å². The molecule has 1 atom stereocenters. The van der Waals surface area contributed by atoms with E-state index < -0.39 is 5.60 Å². The molecule has 0 aromatic heterocycles. The minimum absolute atomic E-state index is 0.0318. The van der Waals surface area contributed by atoms with Gasteiger partial charge >= 0.3 is 0 Å². The fourth-order valence-electron chi connectivity index (χ4n) is 6.08. The Morgan fingerprint density at radius 1 is 1.12 bits per heavy atom. The smallest absolute Gasteiger partial charge is 0.263 e. The topological polar surface area (TPSA) is 38.3 Å². The van der Waals surface area contributed by atoms with Gasteiger partial charge in [0, 0.05) is 11.1 Å². The van der Waals surface area contributed by atoms with Crippen LogP contribution < -0.4 is 10.1 Å². The number of halogens is 1. The number of benzene rings is 1. The monoisotopic (exact) mass is 375 g/mol. The van der Waals surface area contributed by atoms with Crippen molar-refractivity contribution in [2.45, 2.75) is 70.9 Å². The molecular formula is C22H30ClNO2. The summed E-state index contributed by atoms with van der Waals surface area (Å²) in [6, 6.07) is 7.38. The van der Waals surface area contributed by atoms with Gasteiger partial charge in [-0.15, -0.1) is 0 Å². The van der Waals surface area contributed by atoms with Crippen LogP contribution in [-0.2, 0) is 4.79 Å². The Hall–Kier alpha value is -1.22. The Kier molecular flexibility index (Phi) is 4.50. The minimum atomic E-state index is -0.912. The maximum Gasteiger partial charge on any atom is 0.263 e. The highest BCUT2D eigenvalue weighted by molar-refractivity contribution is 6.30. The molecule has 4 saturated carbocycles. The first-order valence-corrected chi connectivity index (χ1v) is 10.4. The summed E-state index contributed by atoms with van der Waals surface area (Å²) in [4.78, 5) is 13.0. The lowest BCUT2D eigenvalue weighted by Gasteiger charge is -2.59. The second-order valence-corrected chi connectivity index (χ2v) is 9.98. The molecule has 0 saturated heterocycles. The zero-order valence-corrected chi connectivity index (χ0v) is 16.8. The van der Waals surface area contributed by atoms with Gasteiger partial charge in [0.2, 0.25) is 0 Å². The summed E-state index contributed by atoms with van der Waals surface area (Å²) in [5, 5.41) is 3.98. The summed E-state index contributed by atoms with van der Waals surface area (Å²) in [5.41, 5.74) is -0.606. The Balaban J connectivity index is 1.42. The van der Waals surface area contributed by atoms with Gasteiger partial charge in [-0.1, -0.05) is 11.6 Å². The molecule has 4 aliphatic rings. The lowest BCUT2D eigenvalue weighted by Crippen LogP contribution is -2.59. The number of nitrogens with one attached hydrogen (secondary N) is 1. The molecule has 0 aliphatic heterocycles. The molecule has 3 nitrogen and oxygen atoms in total. The number of hydrogen-bond acceptors (Lipinski definition) is 2. The standard InChI is InChI=1S/C22H30ClNO2/c1-14(22-11-15-8-16(12-22)10-17(9-15)13-22)24-20(25)21(2,3)26-19-6-4-18(23)5-7-19/h4-7,14-17H,8-13H2,1-3H3,(H,24,25)/t14-,15?,16?,17?,22?/m0/s1. The Morgan fingerprint density at radius 2 is 1.62 bits per heavy atom. The van der Waals surface area contributed by atoms with E-state index >= 15 is 0 Å². The maximum absolute atomic E-state index is 13.0. The van der Waals surface area contributed by atoms with Crippen LogP contribution in [-0.4, -0.2) is 17.6 Å². The molecule has 5 rings (SSSR count). The van der Waals surface area contributed by atoms with Crippen LogP contribution in [0.2, 0.25) is 5.02 Å². The van der Waals surface area contributed by atoms with Gasteiger partial charge in [-0.05, 0) is 107 Å². The van der Waals surface area contributed by atoms with E-state index in [2.05, 4.69) is 12.2 Å². The molecule has 1 N–H and O–H groups in total. The highest BCUT2D eigenvalue weighted by Crippen LogP contribution is 2.61. The molecule has 0 spiro atoms. The summed E-state index contributed by atoms with van der Waals surface area (Å²) >= 11 is 5.93. The fourth-order valence-corrected chi connectivity index (χ4v) is 6.20. The number of amides is 1. The molecule has 142 valence electrons. The molecule has 1 amide bonds. The summed E-state index contributed by atoms with van der Waals surface area (Å²) in [6.45, 7) is 5.89. The maximum atomic E-state index is 13.0. The van der Waals surface area contributed by atoms with Crippen molar-refractivity contribution in [2.24, 2.45) is 23.2 Å². The first-order valence-electron chi connectivity index (χ1n) is 10.0. The molecule has 4 bridgehead atoms. The van der Waals surface area contributed by atoms with Gasteiger partial charge in [0.05, 0.1) is 0 Å². The SMILES string of the molecule is C[C@H](NC(=O)C(C)(C)Oc1ccc(Cl)cc1)C12CC3CC(CC(C3)C1)C2. The van der Waals surface area contributed by atoms with Crippen LogP contribution in [0.4, 0.5) is 0 Å².